The maximum atomic E-state index is 11.8. The molecule has 1 rings (SSSR count). The summed E-state index contributed by atoms with van der Waals surface area (Å²) in [4.78, 5) is 15.8. The number of hydrogen-bond donors (Lipinski definition) is 1. The van der Waals surface area contributed by atoms with Crippen molar-refractivity contribution in [2.24, 2.45) is 5.41 Å². The molecule has 0 aliphatic heterocycles. The maximum absolute atomic E-state index is 11.8. The number of amides is 1. The Hall–Kier alpha value is -0.800. The fourth-order valence-corrected chi connectivity index (χ4v) is 1.80. The van der Waals surface area contributed by atoms with E-state index < -0.39 is 0 Å². The molecule has 1 amide bonds. The largest absolute Gasteiger partial charge is 0.350 e. The predicted molar refractivity (Wildman–Crippen MR) is 75.3 cm³/mol. The van der Waals surface area contributed by atoms with E-state index in [1.807, 2.05) is 0 Å². The summed E-state index contributed by atoms with van der Waals surface area (Å²) in [6, 6.07) is 3.27. The Morgan fingerprint density at radius 1 is 1.44 bits per heavy atom. The van der Waals surface area contributed by atoms with E-state index in [0.29, 0.717) is 23.1 Å². The van der Waals surface area contributed by atoms with E-state index in [-0.39, 0.29) is 11.3 Å². The Kier molecular flexibility index (Phi) is 5.89. The molecule has 0 fully saturated rings. The van der Waals surface area contributed by atoms with Gasteiger partial charge in [0, 0.05) is 18.6 Å². The highest BCUT2D eigenvalue weighted by Crippen LogP contribution is 2.21. The molecule has 0 unspecified atom stereocenters. The summed E-state index contributed by atoms with van der Waals surface area (Å²) in [5.41, 5.74) is 0.421. The van der Waals surface area contributed by atoms with Crippen LogP contribution in [0.25, 0.3) is 0 Å². The smallest absolute Gasteiger partial charge is 0.269 e. The second-order valence-corrected chi connectivity index (χ2v) is 5.82. The summed E-state index contributed by atoms with van der Waals surface area (Å²) in [7, 11) is 0. The normalized spacial score (nSPS) is 11.3. The molecule has 0 bridgehead atoms. The summed E-state index contributed by atoms with van der Waals surface area (Å²) in [6.07, 6.45) is 3.39. The fourth-order valence-electron chi connectivity index (χ4n) is 1.55. The minimum Gasteiger partial charge on any atom is -0.350 e. The lowest BCUT2D eigenvalue weighted by Gasteiger charge is -2.24. The molecular weight excluding hydrogens is 271 g/mol. The molecule has 0 spiro atoms. The third kappa shape index (κ3) is 5.23. The van der Waals surface area contributed by atoms with E-state index in [1.54, 1.807) is 12.1 Å². The van der Waals surface area contributed by atoms with Crippen LogP contribution in [0.2, 0.25) is 5.02 Å². The third-order valence-corrected chi connectivity index (χ3v) is 3.17. The molecule has 1 heterocycles. The number of rotatable bonds is 6. The lowest BCUT2D eigenvalue weighted by Crippen LogP contribution is -2.34. The second kappa shape index (κ2) is 6.95. The zero-order valence-corrected chi connectivity index (χ0v) is 12.2. The van der Waals surface area contributed by atoms with Gasteiger partial charge < -0.3 is 5.32 Å². The fraction of sp³-hybridized carbons (Fsp3) is 0.538. The van der Waals surface area contributed by atoms with Crippen LogP contribution in [0.15, 0.2) is 18.3 Å². The lowest BCUT2D eigenvalue weighted by atomic mass is 9.88. The summed E-state index contributed by atoms with van der Waals surface area (Å²) in [5.74, 6) is 0.474. The number of carbonyl (C=O) groups excluding carboxylic acids is 1. The van der Waals surface area contributed by atoms with Crippen LogP contribution in [-0.2, 0) is 0 Å². The van der Waals surface area contributed by atoms with Gasteiger partial charge in [-0.05, 0) is 30.4 Å². The van der Waals surface area contributed by atoms with Gasteiger partial charge in [0.15, 0.2) is 0 Å². The van der Waals surface area contributed by atoms with Crippen LogP contribution in [0.4, 0.5) is 0 Å². The monoisotopic (exact) mass is 288 g/mol. The number of aromatic nitrogens is 1. The van der Waals surface area contributed by atoms with Crippen molar-refractivity contribution in [1.29, 1.82) is 0 Å². The van der Waals surface area contributed by atoms with Gasteiger partial charge in [0.2, 0.25) is 0 Å². The van der Waals surface area contributed by atoms with Crippen molar-refractivity contribution in [3.63, 3.8) is 0 Å². The Labute approximate surface area is 118 Å². The van der Waals surface area contributed by atoms with E-state index >= 15 is 0 Å². The molecule has 3 nitrogen and oxygen atoms in total. The first-order chi connectivity index (χ1) is 8.44. The molecule has 0 aliphatic rings. The highest BCUT2D eigenvalue weighted by Gasteiger charge is 2.19. The molecule has 0 saturated heterocycles. The number of nitrogens with one attached hydrogen (secondary N) is 1. The van der Waals surface area contributed by atoms with Gasteiger partial charge >= 0.3 is 0 Å². The van der Waals surface area contributed by atoms with Crippen LogP contribution in [0.3, 0.4) is 0 Å². The Morgan fingerprint density at radius 3 is 2.72 bits per heavy atom. The predicted octanol–water partition coefficient (Wildman–Crippen LogP) is 3.51. The van der Waals surface area contributed by atoms with Crippen LogP contribution < -0.4 is 5.32 Å². The van der Waals surface area contributed by atoms with Gasteiger partial charge in [0.25, 0.3) is 5.91 Å². The Morgan fingerprint density at radius 2 is 2.17 bits per heavy atom. The molecule has 0 aliphatic carbocycles. The maximum Gasteiger partial charge on any atom is 0.269 e. The zero-order chi connectivity index (χ0) is 13.6. The molecule has 0 saturated carbocycles. The quantitative estimate of drug-likeness (QED) is 0.814. The molecule has 100 valence electrons. The van der Waals surface area contributed by atoms with Crippen LogP contribution in [0, 0.1) is 5.41 Å². The average molecular weight is 289 g/mol. The van der Waals surface area contributed by atoms with E-state index in [1.165, 1.54) is 6.20 Å². The molecule has 0 atom stereocenters. The highest BCUT2D eigenvalue weighted by atomic mass is 35.5. The van der Waals surface area contributed by atoms with E-state index in [0.717, 1.165) is 12.8 Å². The number of carbonyl (C=O) groups is 1. The topological polar surface area (TPSA) is 42.0 Å². The zero-order valence-electron chi connectivity index (χ0n) is 10.7. The van der Waals surface area contributed by atoms with Crippen molar-refractivity contribution in [2.45, 2.75) is 26.7 Å². The van der Waals surface area contributed by atoms with Crippen molar-refractivity contribution < 1.29 is 4.79 Å². The van der Waals surface area contributed by atoms with E-state index in [9.17, 15) is 4.79 Å². The highest BCUT2D eigenvalue weighted by molar-refractivity contribution is 6.30. The van der Waals surface area contributed by atoms with Crippen molar-refractivity contribution in [2.75, 3.05) is 12.4 Å². The van der Waals surface area contributed by atoms with Crippen molar-refractivity contribution >= 4 is 29.1 Å². The molecule has 1 aromatic rings. The third-order valence-electron chi connectivity index (χ3n) is 2.67. The van der Waals surface area contributed by atoms with Crippen LogP contribution in [-0.4, -0.2) is 23.3 Å². The summed E-state index contributed by atoms with van der Waals surface area (Å²) < 4.78 is 0. The van der Waals surface area contributed by atoms with Crippen LogP contribution >= 0.6 is 23.2 Å². The van der Waals surface area contributed by atoms with E-state index in [4.69, 9.17) is 23.2 Å². The second-order valence-electron chi connectivity index (χ2n) is 5.00. The summed E-state index contributed by atoms with van der Waals surface area (Å²) in [5, 5.41) is 3.40. The minimum absolute atomic E-state index is 0.0387. The first-order valence-corrected chi connectivity index (χ1v) is 6.81. The molecule has 0 radical (unpaired) electrons. The molecule has 5 heteroatoms. The standard InChI is InChI=1S/C13H18Cl2N2O/c1-13(2,6-3-7-14)9-17-12(18)11-5-4-10(15)8-16-11/h4-5,8H,3,6-7,9H2,1-2H3,(H,17,18). The number of halogens is 2. The minimum atomic E-state index is -0.175. The summed E-state index contributed by atoms with van der Waals surface area (Å²) >= 11 is 11.4. The lowest BCUT2D eigenvalue weighted by molar-refractivity contribution is 0.0929. The van der Waals surface area contributed by atoms with E-state index in [2.05, 4.69) is 24.1 Å². The van der Waals surface area contributed by atoms with Gasteiger partial charge in [0.05, 0.1) is 5.02 Å². The first kappa shape index (κ1) is 15.3. The molecular formula is C13H18Cl2N2O. The Bertz CT molecular complexity index is 390. The van der Waals surface area contributed by atoms with Gasteiger partial charge in [-0.3, -0.25) is 4.79 Å². The summed E-state index contributed by atoms with van der Waals surface area (Å²) in [6.45, 7) is 4.82. The van der Waals surface area contributed by atoms with Gasteiger partial charge in [-0.1, -0.05) is 25.4 Å². The molecule has 0 aromatic carbocycles. The van der Waals surface area contributed by atoms with Gasteiger partial charge in [-0.25, -0.2) is 4.98 Å². The van der Waals surface area contributed by atoms with Crippen LogP contribution in [0.5, 0.6) is 0 Å². The average Bonchev–Trinajstić information content (AvgIpc) is 2.35. The van der Waals surface area contributed by atoms with Gasteiger partial charge in [-0.2, -0.15) is 0 Å². The number of alkyl halides is 1. The number of nitrogens with zero attached hydrogens (tertiary/aromatic N) is 1. The number of pyridine rings is 1. The Balaban J connectivity index is 2.48. The molecule has 18 heavy (non-hydrogen) atoms. The van der Waals surface area contributed by atoms with Gasteiger partial charge in [-0.15, -0.1) is 11.6 Å². The van der Waals surface area contributed by atoms with Crippen molar-refractivity contribution in [1.82, 2.24) is 10.3 Å². The van der Waals surface area contributed by atoms with Crippen LogP contribution in [0.1, 0.15) is 37.2 Å². The molecule has 1 aromatic heterocycles. The first-order valence-electron chi connectivity index (χ1n) is 5.90. The van der Waals surface area contributed by atoms with Gasteiger partial charge in [0.1, 0.15) is 5.69 Å². The van der Waals surface area contributed by atoms with Crippen molar-refractivity contribution in [3.05, 3.63) is 29.0 Å². The van der Waals surface area contributed by atoms with Crippen molar-refractivity contribution in [3.8, 4) is 0 Å². The SMILES string of the molecule is CC(C)(CCCCl)CNC(=O)c1ccc(Cl)cn1. The molecule has 1 N–H and O–H groups in total. The number of hydrogen-bond acceptors (Lipinski definition) is 2.